The van der Waals surface area contributed by atoms with Crippen molar-refractivity contribution in [1.29, 1.82) is 5.26 Å². The molecule has 0 heterocycles. The van der Waals surface area contributed by atoms with Gasteiger partial charge in [0.1, 0.15) is 5.92 Å². The highest BCUT2D eigenvalue weighted by molar-refractivity contribution is 5.93. The fourth-order valence-corrected chi connectivity index (χ4v) is 2.88. The first-order chi connectivity index (χ1) is 8.57. The van der Waals surface area contributed by atoms with Gasteiger partial charge in [0.15, 0.2) is 5.78 Å². The minimum atomic E-state index is -0.604. The molecule has 18 heavy (non-hydrogen) atoms. The molecule has 0 aromatic heterocycles. The Morgan fingerprint density at radius 3 is 2.61 bits per heavy atom. The van der Waals surface area contributed by atoms with Crippen LogP contribution in [0.4, 0.5) is 0 Å². The number of aryl methyl sites for hydroxylation is 1. The molecule has 1 aromatic rings. The van der Waals surface area contributed by atoms with E-state index in [-0.39, 0.29) is 11.2 Å². The maximum absolute atomic E-state index is 12.6. The number of nitrogens with zero attached hydrogens (tertiary/aromatic N) is 1. The second kappa shape index (κ2) is 4.94. The Morgan fingerprint density at radius 1 is 1.39 bits per heavy atom. The molecule has 0 bridgehead atoms. The number of ketones is 1. The molecule has 0 spiro atoms. The lowest BCUT2D eigenvalue weighted by Crippen LogP contribution is -2.29. The zero-order chi connectivity index (χ0) is 13.2. The van der Waals surface area contributed by atoms with Gasteiger partial charge in [-0.05, 0) is 25.3 Å². The number of hydrogen-bond donors (Lipinski definition) is 0. The highest BCUT2D eigenvalue weighted by Gasteiger charge is 2.40. The molecular weight excluding hydrogens is 222 g/mol. The summed E-state index contributed by atoms with van der Waals surface area (Å²) in [5.41, 5.74) is 1.65. The summed E-state index contributed by atoms with van der Waals surface area (Å²) in [7, 11) is 0. The summed E-state index contributed by atoms with van der Waals surface area (Å²) in [5, 5.41) is 9.34. The minimum absolute atomic E-state index is 0.105. The van der Waals surface area contributed by atoms with Crippen LogP contribution < -0.4 is 0 Å². The van der Waals surface area contributed by atoms with Crippen LogP contribution in [0.2, 0.25) is 0 Å². The van der Waals surface area contributed by atoms with Crippen molar-refractivity contribution in [3.05, 3.63) is 35.4 Å². The Balaban J connectivity index is 2.29. The summed E-state index contributed by atoms with van der Waals surface area (Å²) >= 11 is 0. The molecule has 2 nitrogen and oxygen atoms in total. The van der Waals surface area contributed by atoms with Crippen molar-refractivity contribution < 1.29 is 4.79 Å². The third kappa shape index (κ3) is 2.31. The predicted molar refractivity (Wildman–Crippen MR) is 71.1 cm³/mol. The van der Waals surface area contributed by atoms with Gasteiger partial charge in [0.2, 0.25) is 0 Å². The van der Waals surface area contributed by atoms with E-state index in [1.807, 2.05) is 38.1 Å². The summed E-state index contributed by atoms with van der Waals surface area (Å²) in [6.45, 7) is 4.00. The van der Waals surface area contributed by atoms with E-state index < -0.39 is 5.92 Å². The smallest absolute Gasteiger partial charge is 0.160 e. The fourth-order valence-electron chi connectivity index (χ4n) is 2.88. The van der Waals surface area contributed by atoms with Crippen molar-refractivity contribution in [2.45, 2.75) is 45.4 Å². The lowest BCUT2D eigenvalue weighted by atomic mass is 9.76. The monoisotopic (exact) mass is 241 g/mol. The molecule has 94 valence electrons. The number of carbonyl (C=O) groups is 1. The average Bonchev–Trinajstić information content (AvgIpc) is 2.78. The van der Waals surface area contributed by atoms with Crippen molar-refractivity contribution in [2.75, 3.05) is 0 Å². The quantitative estimate of drug-likeness (QED) is 0.808. The van der Waals surface area contributed by atoms with Gasteiger partial charge in [0.05, 0.1) is 6.07 Å². The van der Waals surface area contributed by atoms with Gasteiger partial charge in [-0.25, -0.2) is 0 Å². The van der Waals surface area contributed by atoms with Crippen LogP contribution in [-0.2, 0) is 4.79 Å². The van der Waals surface area contributed by atoms with Gasteiger partial charge in [-0.2, -0.15) is 5.26 Å². The Morgan fingerprint density at radius 2 is 2.06 bits per heavy atom. The zero-order valence-corrected chi connectivity index (χ0v) is 11.1. The van der Waals surface area contributed by atoms with Crippen LogP contribution in [0, 0.1) is 23.7 Å². The molecule has 1 fully saturated rings. The van der Waals surface area contributed by atoms with Crippen LogP contribution >= 0.6 is 0 Å². The molecule has 1 aromatic carbocycles. The van der Waals surface area contributed by atoms with E-state index in [0.29, 0.717) is 0 Å². The second-order valence-electron chi connectivity index (χ2n) is 5.61. The maximum atomic E-state index is 12.6. The largest absolute Gasteiger partial charge is 0.297 e. The van der Waals surface area contributed by atoms with Crippen molar-refractivity contribution in [2.24, 2.45) is 5.41 Å². The van der Waals surface area contributed by atoms with E-state index in [4.69, 9.17) is 0 Å². The summed E-state index contributed by atoms with van der Waals surface area (Å²) in [6, 6.07) is 9.93. The molecule has 0 N–H and O–H groups in total. The lowest BCUT2D eigenvalue weighted by Gasteiger charge is -2.24. The first-order valence-corrected chi connectivity index (χ1v) is 6.57. The third-order valence-electron chi connectivity index (χ3n) is 4.07. The van der Waals surface area contributed by atoms with Crippen molar-refractivity contribution in [3.8, 4) is 6.07 Å². The zero-order valence-electron chi connectivity index (χ0n) is 11.1. The molecule has 1 aliphatic rings. The molecule has 0 radical (unpaired) electrons. The van der Waals surface area contributed by atoms with Crippen LogP contribution in [0.1, 0.15) is 49.7 Å². The SMILES string of the molecule is Cc1cccc(C(C#N)C(=O)C2(C)CCCC2)c1. The molecule has 1 saturated carbocycles. The fraction of sp³-hybridized carbons (Fsp3) is 0.500. The molecule has 2 heteroatoms. The first-order valence-electron chi connectivity index (χ1n) is 6.57. The Hall–Kier alpha value is -1.62. The van der Waals surface area contributed by atoms with Gasteiger partial charge < -0.3 is 0 Å². The molecule has 0 aliphatic heterocycles. The van der Waals surface area contributed by atoms with E-state index in [9.17, 15) is 10.1 Å². The Bertz CT molecular complexity index is 492. The van der Waals surface area contributed by atoms with E-state index in [1.54, 1.807) is 0 Å². The molecule has 0 saturated heterocycles. The molecule has 1 unspecified atom stereocenters. The van der Waals surface area contributed by atoms with Gasteiger partial charge in [-0.3, -0.25) is 4.79 Å². The van der Waals surface area contributed by atoms with E-state index in [1.165, 1.54) is 0 Å². The van der Waals surface area contributed by atoms with Gasteiger partial charge in [-0.1, -0.05) is 49.6 Å². The second-order valence-corrected chi connectivity index (χ2v) is 5.61. The van der Waals surface area contributed by atoms with Crippen LogP contribution in [-0.4, -0.2) is 5.78 Å². The topological polar surface area (TPSA) is 40.9 Å². The molecule has 1 aliphatic carbocycles. The summed E-state index contributed by atoms with van der Waals surface area (Å²) < 4.78 is 0. The van der Waals surface area contributed by atoms with Crippen molar-refractivity contribution in [1.82, 2.24) is 0 Å². The lowest BCUT2D eigenvalue weighted by molar-refractivity contribution is -0.128. The highest BCUT2D eigenvalue weighted by Crippen LogP contribution is 2.42. The minimum Gasteiger partial charge on any atom is -0.297 e. The third-order valence-corrected chi connectivity index (χ3v) is 4.07. The van der Waals surface area contributed by atoms with Crippen LogP contribution in [0.5, 0.6) is 0 Å². The first kappa shape index (κ1) is 12.8. The van der Waals surface area contributed by atoms with Gasteiger partial charge in [-0.15, -0.1) is 0 Å². The average molecular weight is 241 g/mol. The summed E-state index contributed by atoms with van der Waals surface area (Å²) in [6.07, 6.45) is 4.06. The van der Waals surface area contributed by atoms with E-state index >= 15 is 0 Å². The summed E-state index contributed by atoms with van der Waals surface area (Å²) in [5.74, 6) is -0.499. The number of hydrogen-bond acceptors (Lipinski definition) is 2. The van der Waals surface area contributed by atoms with Crippen LogP contribution in [0.15, 0.2) is 24.3 Å². The number of rotatable bonds is 3. The highest BCUT2D eigenvalue weighted by atomic mass is 16.1. The van der Waals surface area contributed by atoms with Gasteiger partial charge in [0.25, 0.3) is 0 Å². The Labute approximate surface area is 109 Å². The number of benzene rings is 1. The number of nitriles is 1. The van der Waals surface area contributed by atoms with Crippen molar-refractivity contribution in [3.63, 3.8) is 0 Å². The van der Waals surface area contributed by atoms with Crippen molar-refractivity contribution >= 4 is 5.78 Å². The number of carbonyl (C=O) groups excluding carboxylic acids is 1. The Kier molecular flexibility index (Phi) is 3.52. The van der Waals surface area contributed by atoms with Gasteiger partial charge in [0, 0.05) is 5.41 Å². The molecule has 2 rings (SSSR count). The molecule has 1 atom stereocenters. The molecular formula is C16H19NO. The maximum Gasteiger partial charge on any atom is 0.160 e. The molecule has 0 amide bonds. The standard InChI is InChI=1S/C16H19NO/c1-12-6-5-7-13(10-12)14(11-17)15(18)16(2)8-3-4-9-16/h5-7,10,14H,3-4,8-9H2,1-2H3. The number of Topliss-reactive ketones (excluding diaryl/α,β-unsaturated/α-hetero) is 1. The van der Waals surface area contributed by atoms with Crippen LogP contribution in [0.3, 0.4) is 0 Å². The van der Waals surface area contributed by atoms with E-state index in [2.05, 4.69) is 6.07 Å². The normalized spacial score (nSPS) is 19.2. The van der Waals surface area contributed by atoms with Crippen LogP contribution in [0.25, 0.3) is 0 Å². The predicted octanol–water partition coefficient (Wildman–Crippen LogP) is 3.75. The van der Waals surface area contributed by atoms with E-state index in [0.717, 1.165) is 36.8 Å². The van der Waals surface area contributed by atoms with Gasteiger partial charge >= 0.3 is 0 Å². The summed E-state index contributed by atoms with van der Waals surface area (Å²) in [4.78, 5) is 12.6.